The van der Waals surface area contributed by atoms with Crippen LogP contribution in [0.3, 0.4) is 0 Å². The number of aromatic nitrogens is 3. The van der Waals surface area contributed by atoms with Crippen LogP contribution in [0.4, 0.5) is 0 Å². The summed E-state index contributed by atoms with van der Waals surface area (Å²) in [4.78, 5) is 21.9. The van der Waals surface area contributed by atoms with Crippen LogP contribution in [0.5, 0.6) is 0 Å². The molecule has 0 N–H and O–H groups in total. The Bertz CT molecular complexity index is 1230. The molecule has 0 aliphatic heterocycles. The molecular weight excluding hydrogens is 384 g/mol. The number of hydrogen-bond donors (Lipinski definition) is 0. The molecule has 3 heterocycles. The van der Waals surface area contributed by atoms with Crippen molar-refractivity contribution in [3.05, 3.63) is 81.6 Å². The molecule has 0 spiro atoms. The fraction of sp³-hybridized carbons (Fsp3) is 0.0526. The summed E-state index contributed by atoms with van der Waals surface area (Å²) in [5.74, 6) is 0.632. The standard InChI is InChI=1S/C19H11ClN4O2S/c20-12-6-7-15-16(9-12)23-19(27-17-5-1-3-13(10-21)22-17)24(18(15)25)11-14-4-2-8-26-14/h1-9H,11H2. The molecule has 0 fully saturated rings. The quantitative estimate of drug-likeness (QED) is 0.484. The molecule has 8 heteroatoms. The summed E-state index contributed by atoms with van der Waals surface area (Å²) in [5.41, 5.74) is 0.595. The first kappa shape index (κ1) is 17.3. The smallest absolute Gasteiger partial charge is 0.262 e. The summed E-state index contributed by atoms with van der Waals surface area (Å²) in [7, 11) is 0. The number of pyridine rings is 1. The molecule has 0 bridgehead atoms. The zero-order valence-electron chi connectivity index (χ0n) is 13.8. The summed E-state index contributed by atoms with van der Waals surface area (Å²) in [6, 6.07) is 15.7. The Labute approximate surface area is 163 Å². The maximum absolute atomic E-state index is 13.1. The van der Waals surface area contributed by atoms with Crippen LogP contribution in [-0.4, -0.2) is 14.5 Å². The van der Waals surface area contributed by atoms with Gasteiger partial charge in [0.1, 0.15) is 22.5 Å². The number of benzene rings is 1. The van der Waals surface area contributed by atoms with Gasteiger partial charge in [0.2, 0.25) is 0 Å². The van der Waals surface area contributed by atoms with Crippen molar-refractivity contribution in [2.75, 3.05) is 0 Å². The minimum absolute atomic E-state index is 0.202. The largest absolute Gasteiger partial charge is 0.467 e. The highest BCUT2D eigenvalue weighted by molar-refractivity contribution is 7.99. The van der Waals surface area contributed by atoms with Gasteiger partial charge in [-0.25, -0.2) is 9.97 Å². The summed E-state index contributed by atoms with van der Waals surface area (Å²) in [6.45, 7) is 0.234. The van der Waals surface area contributed by atoms with E-state index in [-0.39, 0.29) is 12.1 Å². The summed E-state index contributed by atoms with van der Waals surface area (Å²) < 4.78 is 6.92. The molecule has 0 saturated heterocycles. The van der Waals surface area contributed by atoms with E-state index < -0.39 is 0 Å². The molecule has 6 nitrogen and oxygen atoms in total. The lowest BCUT2D eigenvalue weighted by Crippen LogP contribution is -2.23. The molecule has 132 valence electrons. The summed E-state index contributed by atoms with van der Waals surface area (Å²) in [6.07, 6.45) is 1.55. The second kappa shape index (κ2) is 7.27. The molecule has 27 heavy (non-hydrogen) atoms. The van der Waals surface area contributed by atoms with E-state index in [9.17, 15) is 4.79 Å². The minimum atomic E-state index is -0.202. The van der Waals surface area contributed by atoms with E-state index in [2.05, 4.69) is 9.97 Å². The van der Waals surface area contributed by atoms with Crippen molar-refractivity contribution < 1.29 is 4.42 Å². The fourth-order valence-corrected chi connectivity index (χ4v) is 3.62. The van der Waals surface area contributed by atoms with Crippen LogP contribution in [0.15, 0.2) is 74.2 Å². The predicted molar refractivity (Wildman–Crippen MR) is 102 cm³/mol. The van der Waals surface area contributed by atoms with E-state index in [4.69, 9.17) is 21.3 Å². The number of furan rings is 1. The van der Waals surface area contributed by atoms with Crippen molar-refractivity contribution in [2.24, 2.45) is 0 Å². The molecule has 0 amide bonds. The van der Waals surface area contributed by atoms with Crippen LogP contribution in [0.2, 0.25) is 5.02 Å². The molecule has 0 unspecified atom stereocenters. The average molecular weight is 395 g/mol. The Hall–Kier alpha value is -3.08. The van der Waals surface area contributed by atoms with Crippen LogP contribution in [0, 0.1) is 11.3 Å². The van der Waals surface area contributed by atoms with Gasteiger partial charge in [0, 0.05) is 5.02 Å². The number of halogens is 1. The summed E-state index contributed by atoms with van der Waals surface area (Å²) in [5, 5.41) is 11.0. The molecule has 4 aromatic rings. The second-order valence-electron chi connectivity index (χ2n) is 5.60. The van der Waals surface area contributed by atoms with Crippen LogP contribution in [0.1, 0.15) is 11.5 Å². The third-order valence-corrected chi connectivity index (χ3v) is 4.98. The molecule has 0 aliphatic rings. The Morgan fingerprint density at radius 1 is 1.19 bits per heavy atom. The maximum atomic E-state index is 13.1. The zero-order chi connectivity index (χ0) is 18.8. The van der Waals surface area contributed by atoms with Crippen LogP contribution >= 0.6 is 23.4 Å². The lowest BCUT2D eigenvalue weighted by Gasteiger charge is -2.12. The summed E-state index contributed by atoms with van der Waals surface area (Å²) >= 11 is 7.26. The van der Waals surface area contributed by atoms with Gasteiger partial charge in [-0.1, -0.05) is 17.7 Å². The predicted octanol–water partition coefficient (Wildman–Crippen LogP) is 4.11. The van der Waals surface area contributed by atoms with Gasteiger partial charge >= 0.3 is 0 Å². The van der Waals surface area contributed by atoms with Crippen molar-refractivity contribution in [2.45, 2.75) is 16.7 Å². The lowest BCUT2D eigenvalue weighted by atomic mass is 10.2. The highest BCUT2D eigenvalue weighted by Crippen LogP contribution is 2.26. The Balaban J connectivity index is 1.87. The maximum Gasteiger partial charge on any atom is 0.262 e. The van der Waals surface area contributed by atoms with Crippen molar-refractivity contribution in [1.29, 1.82) is 5.26 Å². The van der Waals surface area contributed by atoms with Crippen molar-refractivity contribution in [3.63, 3.8) is 0 Å². The van der Waals surface area contributed by atoms with Crippen LogP contribution < -0.4 is 5.56 Å². The number of hydrogen-bond acceptors (Lipinski definition) is 6. The van der Waals surface area contributed by atoms with E-state index in [1.165, 1.54) is 16.3 Å². The van der Waals surface area contributed by atoms with Gasteiger partial charge in [-0.2, -0.15) is 5.26 Å². The van der Waals surface area contributed by atoms with Gasteiger partial charge in [0.25, 0.3) is 5.56 Å². The van der Waals surface area contributed by atoms with Gasteiger partial charge in [-0.3, -0.25) is 9.36 Å². The van der Waals surface area contributed by atoms with Crippen molar-refractivity contribution in [1.82, 2.24) is 14.5 Å². The third-order valence-electron chi connectivity index (χ3n) is 3.81. The van der Waals surface area contributed by atoms with Gasteiger partial charge in [-0.05, 0) is 54.2 Å². The molecule has 4 rings (SSSR count). The molecular formula is C19H11ClN4O2S. The Morgan fingerprint density at radius 3 is 2.85 bits per heavy atom. The van der Waals surface area contributed by atoms with Gasteiger partial charge in [0.05, 0.1) is 23.7 Å². The molecule has 0 saturated carbocycles. The molecule has 3 aromatic heterocycles. The average Bonchev–Trinajstić information content (AvgIpc) is 3.18. The lowest BCUT2D eigenvalue weighted by molar-refractivity contribution is 0.476. The van der Waals surface area contributed by atoms with E-state index >= 15 is 0 Å². The van der Waals surface area contributed by atoms with Gasteiger partial charge < -0.3 is 4.42 Å². The van der Waals surface area contributed by atoms with Crippen molar-refractivity contribution >= 4 is 34.3 Å². The number of fused-ring (bicyclic) bond motifs is 1. The fourth-order valence-electron chi connectivity index (χ4n) is 2.58. The first-order valence-corrected chi connectivity index (χ1v) is 9.11. The number of rotatable bonds is 4. The molecule has 0 atom stereocenters. The van der Waals surface area contributed by atoms with Crippen LogP contribution in [-0.2, 0) is 6.54 Å². The third kappa shape index (κ3) is 3.58. The van der Waals surface area contributed by atoms with E-state index in [1.807, 2.05) is 6.07 Å². The molecule has 0 aliphatic carbocycles. The van der Waals surface area contributed by atoms with E-state index in [0.717, 1.165) is 0 Å². The zero-order valence-corrected chi connectivity index (χ0v) is 15.4. The number of nitrogens with zero attached hydrogens (tertiary/aromatic N) is 4. The molecule has 0 radical (unpaired) electrons. The highest BCUT2D eigenvalue weighted by Gasteiger charge is 2.15. The van der Waals surface area contributed by atoms with E-state index in [0.29, 0.717) is 37.6 Å². The van der Waals surface area contributed by atoms with Crippen LogP contribution in [0.25, 0.3) is 10.9 Å². The number of nitriles is 1. The van der Waals surface area contributed by atoms with Gasteiger partial charge in [-0.15, -0.1) is 0 Å². The Morgan fingerprint density at radius 2 is 2.07 bits per heavy atom. The first-order chi connectivity index (χ1) is 13.1. The van der Waals surface area contributed by atoms with E-state index in [1.54, 1.807) is 54.8 Å². The monoisotopic (exact) mass is 394 g/mol. The van der Waals surface area contributed by atoms with Crippen molar-refractivity contribution in [3.8, 4) is 6.07 Å². The Kier molecular flexibility index (Phi) is 4.67. The SMILES string of the molecule is N#Cc1cccc(Sc2nc3cc(Cl)ccc3c(=O)n2Cc2ccco2)n1. The van der Waals surface area contributed by atoms with Gasteiger partial charge in [0.15, 0.2) is 5.16 Å². The second-order valence-corrected chi connectivity index (χ2v) is 7.03. The normalized spacial score (nSPS) is 10.8. The highest BCUT2D eigenvalue weighted by atomic mass is 35.5. The minimum Gasteiger partial charge on any atom is -0.467 e. The molecule has 1 aromatic carbocycles. The first-order valence-electron chi connectivity index (χ1n) is 7.91. The topological polar surface area (TPSA) is 84.7 Å².